The number of unbranched alkanes of at least 4 members (excludes halogenated alkanes) is 1. The van der Waals surface area contributed by atoms with Gasteiger partial charge in [0.1, 0.15) is 11.7 Å². The van der Waals surface area contributed by atoms with Gasteiger partial charge in [0.05, 0.1) is 0 Å². The quantitative estimate of drug-likeness (QED) is 0.413. The van der Waals surface area contributed by atoms with E-state index in [0.717, 1.165) is 29.4 Å². The van der Waals surface area contributed by atoms with Gasteiger partial charge in [-0.2, -0.15) is 0 Å². The van der Waals surface area contributed by atoms with Crippen LogP contribution in [-0.4, -0.2) is 33.6 Å². The van der Waals surface area contributed by atoms with Crippen molar-refractivity contribution in [3.63, 3.8) is 0 Å². The molecular formula is C26H32N4O3. The van der Waals surface area contributed by atoms with Crippen LogP contribution in [0.3, 0.4) is 0 Å². The Morgan fingerprint density at radius 1 is 1.18 bits per heavy atom. The smallest absolute Gasteiger partial charge is 0.268 e. The van der Waals surface area contributed by atoms with Crippen molar-refractivity contribution < 1.29 is 14.4 Å². The summed E-state index contributed by atoms with van der Waals surface area (Å²) in [5, 5.41) is 6.85. The van der Waals surface area contributed by atoms with Crippen molar-refractivity contribution in [1.29, 1.82) is 0 Å². The first-order valence-corrected chi connectivity index (χ1v) is 11.6. The molecule has 174 valence electrons. The van der Waals surface area contributed by atoms with Crippen LogP contribution in [0.1, 0.15) is 78.6 Å². The average molecular weight is 449 g/mol. The van der Waals surface area contributed by atoms with Crippen molar-refractivity contribution in [3.8, 4) is 0 Å². The van der Waals surface area contributed by atoms with E-state index in [4.69, 9.17) is 0 Å². The summed E-state index contributed by atoms with van der Waals surface area (Å²) in [5.41, 5.74) is 4.01. The molecule has 4 N–H and O–H groups in total. The normalized spacial score (nSPS) is 15.8. The molecular weight excluding hydrogens is 416 g/mol. The second-order valence-electron chi connectivity index (χ2n) is 9.86. The molecule has 0 spiro atoms. The number of rotatable bonds is 7. The zero-order valence-electron chi connectivity index (χ0n) is 19.7. The molecule has 7 heteroatoms. The van der Waals surface area contributed by atoms with Crippen molar-refractivity contribution in [1.82, 2.24) is 15.3 Å². The Labute approximate surface area is 193 Å². The molecule has 0 bridgehead atoms. The zero-order valence-corrected chi connectivity index (χ0v) is 19.7. The minimum absolute atomic E-state index is 0.0643. The molecule has 33 heavy (non-hydrogen) atoms. The lowest BCUT2D eigenvalue weighted by Crippen LogP contribution is -2.44. The summed E-state index contributed by atoms with van der Waals surface area (Å²) in [6.45, 7) is 7.96. The molecule has 4 rings (SSSR count). The van der Waals surface area contributed by atoms with Crippen LogP contribution in [0, 0.1) is 12.3 Å². The number of carbonyl (C=O) groups is 3. The van der Waals surface area contributed by atoms with Crippen molar-refractivity contribution in [2.75, 3.05) is 5.32 Å². The lowest BCUT2D eigenvalue weighted by atomic mass is 9.75. The van der Waals surface area contributed by atoms with Gasteiger partial charge in [0, 0.05) is 40.5 Å². The van der Waals surface area contributed by atoms with Crippen molar-refractivity contribution >= 4 is 34.2 Å². The Hall–Kier alpha value is -3.35. The van der Waals surface area contributed by atoms with Crippen molar-refractivity contribution in [3.05, 3.63) is 53.0 Å². The summed E-state index contributed by atoms with van der Waals surface area (Å²) in [6.07, 6.45) is 5.28. The molecule has 2 heterocycles. The fourth-order valence-electron chi connectivity index (χ4n) is 4.73. The van der Waals surface area contributed by atoms with Gasteiger partial charge in [0.25, 0.3) is 5.91 Å². The summed E-state index contributed by atoms with van der Waals surface area (Å²) < 4.78 is 0. The van der Waals surface area contributed by atoms with Gasteiger partial charge in [0.2, 0.25) is 5.91 Å². The summed E-state index contributed by atoms with van der Waals surface area (Å²) in [5.74, 6) is -0.544. The van der Waals surface area contributed by atoms with E-state index in [1.54, 1.807) is 6.92 Å². The minimum atomic E-state index is -0.675. The third kappa shape index (κ3) is 4.72. The lowest BCUT2D eigenvalue weighted by Gasteiger charge is -2.28. The van der Waals surface area contributed by atoms with Gasteiger partial charge in [-0.15, -0.1) is 0 Å². The summed E-state index contributed by atoms with van der Waals surface area (Å²) >= 11 is 0. The van der Waals surface area contributed by atoms with Gasteiger partial charge in [-0.3, -0.25) is 14.4 Å². The molecule has 3 aromatic rings. The Kier molecular flexibility index (Phi) is 6.15. The standard InChI is InChI=1S/C26H32N4O3/c1-5-6-7-19(24(32)28-17-8-9-18-16(12-17)10-11-27-18)30-25(33)23-15(2)22-20(29-23)13-26(3,4)14-21(22)31/h8-12,19,27,29H,5-7,13-14H2,1-4H3,(H,28,32)(H,30,33). The summed E-state index contributed by atoms with van der Waals surface area (Å²) in [7, 11) is 0. The highest BCUT2D eigenvalue weighted by Crippen LogP contribution is 2.36. The van der Waals surface area contributed by atoms with Crippen LogP contribution in [0.15, 0.2) is 30.5 Å². The number of ketones is 1. The highest BCUT2D eigenvalue weighted by Gasteiger charge is 2.35. The molecule has 0 radical (unpaired) electrons. The number of anilines is 1. The number of carbonyl (C=O) groups excluding carboxylic acids is 3. The Morgan fingerprint density at radius 2 is 1.97 bits per heavy atom. The number of fused-ring (bicyclic) bond motifs is 2. The predicted octanol–water partition coefficient (Wildman–Crippen LogP) is 4.89. The zero-order chi connectivity index (χ0) is 23.8. The van der Waals surface area contributed by atoms with Gasteiger partial charge in [-0.25, -0.2) is 0 Å². The maximum absolute atomic E-state index is 13.2. The monoisotopic (exact) mass is 448 g/mol. The molecule has 2 aromatic heterocycles. The molecule has 1 aliphatic carbocycles. The number of benzene rings is 1. The van der Waals surface area contributed by atoms with E-state index < -0.39 is 6.04 Å². The van der Waals surface area contributed by atoms with Crippen molar-refractivity contribution in [2.45, 2.75) is 65.8 Å². The molecule has 0 fully saturated rings. The third-order valence-electron chi connectivity index (χ3n) is 6.42. The van der Waals surface area contributed by atoms with Crippen LogP contribution >= 0.6 is 0 Å². The predicted molar refractivity (Wildman–Crippen MR) is 130 cm³/mol. The SMILES string of the molecule is CCCCC(NC(=O)c1[nH]c2c(c1C)C(=O)CC(C)(C)C2)C(=O)Nc1ccc2[nH]ccc2c1. The first-order valence-electron chi connectivity index (χ1n) is 11.6. The molecule has 2 amide bonds. The number of hydrogen-bond donors (Lipinski definition) is 4. The highest BCUT2D eigenvalue weighted by atomic mass is 16.2. The fourth-order valence-corrected chi connectivity index (χ4v) is 4.73. The van der Waals surface area contributed by atoms with E-state index in [0.29, 0.717) is 41.8 Å². The fraction of sp³-hybridized carbons (Fsp3) is 0.423. The number of hydrogen-bond acceptors (Lipinski definition) is 3. The second kappa shape index (κ2) is 8.89. The van der Waals surface area contributed by atoms with Crippen LogP contribution in [0.4, 0.5) is 5.69 Å². The Morgan fingerprint density at radius 3 is 2.73 bits per heavy atom. The van der Waals surface area contributed by atoms with Crippen LogP contribution in [0.2, 0.25) is 0 Å². The van der Waals surface area contributed by atoms with E-state index in [2.05, 4.69) is 34.4 Å². The number of Topliss-reactive ketones (excluding diaryl/α,β-unsaturated/α-hetero) is 1. The van der Waals surface area contributed by atoms with E-state index >= 15 is 0 Å². The number of nitrogens with one attached hydrogen (secondary N) is 4. The maximum atomic E-state index is 13.2. The van der Waals surface area contributed by atoms with Crippen LogP contribution in [0.25, 0.3) is 10.9 Å². The maximum Gasteiger partial charge on any atom is 0.268 e. The molecule has 0 saturated heterocycles. The molecule has 1 aromatic carbocycles. The summed E-state index contributed by atoms with van der Waals surface area (Å²) in [6, 6.07) is 6.92. The molecule has 7 nitrogen and oxygen atoms in total. The van der Waals surface area contributed by atoms with Crippen LogP contribution in [0.5, 0.6) is 0 Å². The van der Waals surface area contributed by atoms with Gasteiger partial charge in [-0.05, 0) is 55.0 Å². The van der Waals surface area contributed by atoms with Crippen LogP contribution in [-0.2, 0) is 11.2 Å². The third-order valence-corrected chi connectivity index (χ3v) is 6.42. The van der Waals surface area contributed by atoms with Gasteiger partial charge >= 0.3 is 0 Å². The number of aromatic nitrogens is 2. The molecule has 0 aliphatic heterocycles. The molecule has 1 aliphatic rings. The van der Waals surface area contributed by atoms with Gasteiger partial charge in [0.15, 0.2) is 5.78 Å². The minimum Gasteiger partial charge on any atom is -0.361 e. The van der Waals surface area contributed by atoms with Gasteiger partial charge < -0.3 is 20.6 Å². The van der Waals surface area contributed by atoms with Crippen molar-refractivity contribution in [2.24, 2.45) is 5.41 Å². The van der Waals surface area contributed by atoms with E-state index in [1.807, 2.05) is 37.4 Å². The Bertz CT molecular complexity index is 1220. The second-order valence-corrected chi connectivity index (χ2v) is 9.86. The highest BCUT2D eigenvalue weighted by molar-refractivity contribution is 6.06. The van der Waals surface area contributed by atoms with Crippen LogP contribution < -0.4 is 10.6 Å². The topological polar surface area (TPSA) is 107 Å². The van der Waals surface area contributed by atoms with E-state index in [-0.39, 0.29) is 23.0 Å². The first-order chi connectivity index (χ1) is 15.7. The largest absolute Gasteiger partial charge is 0.361 e. The first kappa shape index (κ1) is 22.8. The lowest BCUT2D eigenvalue weighted by molar-refractivity contribution is -0.118. The number of aromatic amines is 2. The number of H-pyrrole nitrogens is 2. The van der Waals surface area contributed by atoms with E-state index in [9.17, 15) is 14.4 Å². The number of amides is 2. The molecule has 1 atom stereocenters. The van der Waals surface area contributed by atoms with Gasteiger partial charge in [-0.1, -0.05) is 33.6 Å². The van der Waals surface area contributed by atoms with E-state index in [1.165, 1.54) is 0 Å². The Balaban J connectivity index is 1.53. The molecule has 1 unspecified atom stereocenters. The molecule has 0 saturated carbocycles. The summed E-state index contributed by atoms with van der Waals surface area (Å²) in [4.78, 5) is 45.3. The average Bonchev–Trinajstić information content (AvgIpc) is 3.33.